The zero-order valence-corrected chi connectivity index (χ0v) is 23.9. The smallest absolute Gasteiger partial charge is 0.338 e. The number of ether oxygens (including phenoxy) is 1. The second-order valence-corrected chi connectivity index (χ2v) is 12.1. The van der Waals surface area contributed by atoms with E-state index in [4.69, 9.17) is 4.74 Å². The van der Waals surface area contributed by atoms with Crippen LogP contribution in [0.25, 0.3) is 22.4 Å². The number of benzene rings is 3. The highest BCUT2D eigenvalue weighted by Crippen LogP contribution is 2.28. The highest BCUT2D eigenvalue weighted by molar-refractivity contribution is 7.89. The van der Waals surface area contributed by atoms with Gasteiger partial charge in [0.1, 0.15) is 5.82 Å². The van der Waals surface area contributed by atoms with Crippen molar-refractivity contribution >= 4 is 32.9 Å². The van der Waals surface area contributed by atoms with Crippen molar-refractivity contribution in [1.29, 1.82) is 0 Å². The van der Waals surface area contributed by atoms with E-state index in [1.54, 1.807) is 37.3 Å². The zero-order valence-electron chi connectivity index (χ0n) is 23.1. The van der Waals surface area contributed by atoms with Crippen molar-refractivity contribution < 1.29 is 22.7 Å². The van der Waals surface area contributed by atoms with E-state index >= 15 is 0 Å². The number of hydrogen-bond acceptors (Lipinski definition) is 6. The van der Waals surface area contributed by atoms with E-state index in [9.17, 15) is 18.0 Å². The number of aromatic amines is 1. The molecular formula is C31H34N4O5S. The summed E-state index contributed by atoms with van der Waals surface area (Å²) in [5, 5.41) is 3.09. The number of hydrogen-bond donors (Lipinski definition) is 3. The lowest BCUT2D eigenvalue weighted by Gasteiger charge is -2.29. The number of fused-ring (bicyclic) bond motifs is 1. The second kappa shape index (κ2) is 12.2. The van der Waals surface area contributed by atoms with Gasteiger partial charge < -0.3 is 15.0 Å². The van der Waals surface area contributed by atoms with Crippen molar-refractivity contribution in [2.75, 3.05) is 6.61 Å². The first-order chi connectivity index (χ1) is 19.7. The molecule has 1 aliphatic rings. The molecule has 10 heteroatoms. The molecule has 0 aliphatic heterocycles. The van der Waals surface area contributed by atoms with Crippen LogP contribution in [-0.4, -0.2) is 42.9 Å². The molecule has 1 heterocycles. The van der Waals surface area contributed by atoms with Gasteiger partial charge >= 0.3 is 5.97 Å². The summed E-state index contributed by atoms with van der Waals surface area (Å²) < 4.78 is 34.4. The van der Waals surface area contributed by atoms with E-state index < -0.39 is 16.0 Å². The summed E-state index contributed by atoms with van der Waals surface area (Å²) >= 11 is 0. The molecule has 1 saturated carbocycles. The fourth-order valence-electron chi connectivity index (χ4n) is 5.22. The fraction of sp³-hybridized carbons (Fsp3) is 0.323. The third kappa shape index (κ3) is 6.66. The number of esters is 1. The van der Waals surface area contributed by atoms with Crippen molar-refractivity contribution in [3.63, 3.8) is 0 Å². The Balaban J connectivity index is 1.21. The average molecular weight is 575 g/mol. The van der Waals surface area contributed by atoms with Crippen LogP contribution in [0, 0.1) is 5.92 Å². The van der Waals surface area contributed by atoms with E-state index in [2.05, 4.69) is 20.0 Å². The molecule has 3 aromatic carbocycles. The third-order valence-corrected chi connectivity index (χ3v) is 9.01. The van der Waals surface area contributed by atoms with Gasteiger partial charge in [-0.2, -0.15) is 0 Å². The van der Waals surface area contributed by atoms with Crippen LogP contribution in [0.2, 0.25) is 0 Å². The van der Waals surface area contributed by atoms with E-state index in [1.807, 2.05) is 43.3 Å². The van der Waals surface area contributed by atoms with Gasteiger partial charge in [-0.05, 0) is 75.4 Å². The maximum atomic E-state index is 13.2. The second-order valence-electron chi connectivity index (χ2n) is 10.4. The molecule has 0 saturated heterocycles. The molecule has 0 spiro atoms. The maximum Gasteiger partial charge on any atom is 0.338 e. The number of amides is 1. The zero-order chi connectivity index (χ0) is 29.0. The van der Waals surface area contributed by atoms with Gasteiger partial charge in [0.05, 0.1) is 34.1 Å². The Hall–Kier alpha value is -4.02. The summed E-state index contributed by atoms with van der Waals surface area (Å²) in [6.07, 6.45) is 2.41. The number of carbonyl (C=O) groups excluding carboxylic acids is 2. The Morgan fingerprint density at radius 2 is 1.76 bits per heavy atom. The van der Waals surface area contributed by atoms with Crippen molar-refractivity contribution in [3.05, 3.63) is 83.9 Å². The van der Waals surface area contributed by atoms with Gasteiger partial charge in [0, 0.05) is 17.5 Å². The molecule has 5 rings (SSSR count). The minimum atomic E-state index is -3.78. The van der Waals surface area contributed by atoms with E-state index in [1.165, 1.54) is 6.07 Å². The molecule has 1 amide bonds. The van der Waals surface area contributed by atoms with Gasteiger partial charge in [-0.15, -0.1) is 0 Å². The molecule has 4 aromatic rings. The quantitative estimate of drug-likeness (QED) is 0.238. The average Bonchev–Trinajstić information content (AvgIpc) is 3.42. The molecule has 1 aromatic heterocycles. The van der Waals surface area contributed by atoms with Gasteiger partial charge in [-0.1, -0.05) is 42.5 Å². The lowest BCUT2D eigenvalue weighted by molar-refractivity contribution is -0.126. The molecule has 41 heavy (non-hydrogen) atoms. The molecule has 1 fully saturated rings. The highest BCUT2D eigenvalue weighted by atomic mass is 32.2. The standard InChI is InChI=1S/C31H34N4O5S/c1-3-40-31(37)24-11-7-10-23(18-24)29-33-27-17-16-26(19-28(27)34-29)41(38,39)35-25-14-12-22(13-15-25)30(36)32-20(2)21-8-5-4-6-9-21/h4-11,16-20,22,25,35H,3,12-15H2,1-2H3,(H,32,36)(H,33,34)/t20-,22?,25?/m1/s1. The number of rotatable bonds is 9. The first-order valence-corrected chi connectivity index (χ1v) is 15.4. The molecule has 0 unspecified atom stereocenters. The highest BCUT2D eigenvalue weighted by Gasteiger charge is 2.30. The SMILES string of the molecule is CCOC(=O)c1cccc(-c2nc3ccc(S(=O)(=O)NC4CCC(C(=O)N[C@H](C)c5ccccc5)CC4)cc3[nH]2)c1. The summed E-state index contributed by atoms with van der Waals surface area (Å²) in [5.74, 6) is -0.0203. The summed E-state index contributed by atoms with van der Waals surface area (Å²) in [6.45, 7) is 4.00. The van der Waals surface area contributed by atoms with Crippen molar-refractivity contribution in [2.45, 2.75) is 56.5 Å². The van der Waals surface area contributed by atoms with Gasteiger partial charge in [-0.25, -0.2) is 22.9 Å². The number of carbonyl (C=O) groups is 2. The number of nitrogens with one attached hydrogen (secondary N) is 3. The number of H-pyrrole nitrogens is 1. The normalized spacial score (nSPS) is 18.1. The van der Waals surface area contributed by atoms with Crippen LogP contribution in [0.1, 0.15) is 61.5 Å². The Kier molecular flexibility index (Phi) is 8.51. The first-order valence-electron chi connectivity index (χ1n) is 13.9. The Morgan fingerprint density at radius 3 is 2.49 bits per heavy atom. The molecule has 3 N–H and O–H groups in total. The molecule has 1 aliphatic carbocycles. The van der Waals surface area contributed by atoms with Crippen LogP contribution >= 0.6 is 0 Å². The number of nitrogens with zero attached hydrogens (tertiary/aromatic N) is 1. The molecule has 214 valence electrons. The summed E-state index contributed by atoms with van der Waals surface area (Å²) in [7, 11) is -3.78. The van der Waals surface area contributed by atoms with E-state index in [0.717, 1.165) is 5.56 Å². The number of aromatic nitrogens is 2. The predicted molar refractivity (Wildman–Crippen MR) is 157 cm³/mol. The summed E-state index contributed by atoms with van der Waals surface area (Å²) in [4.78, 5) is 32.8. The van der Waals surface area contributed by atoms with Gasteiger partial charge in [-0.3, -0.25) is 4.79 Å². The van der Waals surface area contributed by atoms with Gasteiger partial charge in [0.15, 0.2) is 0 Å². The van der Waals surface area contributed by atoms with Crippen LogP contribution in [0.4, 0.5) is 0 Å². The van der Waals surface area contributed by atoms with Crippen molar-refractivity contribution in [2.24, 2.45) is 5.92 Å². The maximum absolute atomic E-state index is 13.2. The Bertz CT molecular complexity index is 1640. The number of imidazole rings is 1. The molecule has 9 nitrogen and oxygen atoms in total. The summed E-state index contributed by atoms with van der Waals surface area (Å²) in [5.41, 5.74) is 3.33. The largest absolute Gasteiger partial charge is 0.462 e. The molecule has 0 bridgehead atoms. The fourth-order valence-corrected chi connectivity index (χ4v) is 6.55. The molecular weight excluding hydrogens is 540 g/mol. The van der Waals surface area contributed by atoms with Crippen LogP contribution < -0.4 is 10.0 Å². The van der Waals surface area contributed by atoms with Crippen LogP contribution in [0.15, 0.2) is 77.7 Å². The van der Waals surface area contributed by atoms with Crippen LogP contribution in [-0.2, 0) is 19.6 Å². The minimum absolute atomic E-state index is 0.0101. The topological polar surface area (TPSA) is 130 Å². The predicted octanol–water partition coefficient (Wildman–Crippen LogP) is 5.12. The molecule has 0 radical (unpaired) electrons. The lowest BCUT2D eigenvalue weighted by Crippen LogP contribution is -2.41. The minimum Gasteiger partial charge on any atom is -0.462 e. The monoisotopic (exact) mass is 574 g/mol. The summed E-state index contributed by atoms with van der Waals surface area (Å²) in [6, 6.07) is 21.2. The van der Waals surface area contributed by atoms with E-state index in [0.29, 0.717) is 53.7 Å². The molecule has 1 atom stereocenters. The van der Waals surface area contributed by atoms with E-state index in [-0.39, 0.29) is 35.4 Å². The Labute approximate surface area is 239 Å². The van der Waals surface area contributed by atoms with Crippen LogP contribution in [0.5, 0.6) is 0 Å². The first kappa shape index (κ1) is 28.5. The van der Waals surface area contributed by atoms with Gasteiger partial charge in [0.2, 0.25) is 15.9 Å². The van der Waals surface area contributed by atoms with Crippen molar-refractivity contribution in [3.8, 4) is 11.4 Å². The number of sulfonamides is 1. The third-order valence-electron chi connectivity index (χ3n) is 7.49. The lowest BCUT2D eigenvalue weighted by atomic mass is 9.85. The van der Waals surface area contributed by atoms with Crippen molar-refractivity contribution in [1.82, 2.24) is 20.0 Å². The van der Waals surface area contributed by atoms with Gasteiger partial charge in [0.25, 0.3) is 0 Å². The Morgan fingerprint density at radius 1 is 1.00 bits per heavy atom. The van der Waals surface area contributed by atoms with Crippen LogP contribution in [0.3, 0.4) is 0 Å².